The highest BCUT2D eigenvalue weighted by atomic mass is 32.1. The zero-order valence-corrected chi connectivity index (χ0v) is 22.1. The van der Waals surface area contributed by atoms with Crippen LogP contribution in [0.4, 0.5) is 23.0 Å². The number of nitrogens with one attached hydrogen (secondary N) is 3. The molecule has 3 heterocycles. The number of hydrogen-bond acceptors (Lipinski definition) is 9. The molecule has 0 saturated carbocycles. The summed E-state index contributed by atoms with van der Waals surface area (Å²) < 4.78 is 6.97. The van der Waals surface area contributed by atoms with Crippen molar-refractivity contribution in [3.8, 4) is 11.6 Å². The average Bonchev–Trinajstić information content (AvgIpc) is 3.40. The van der Waals surface area contributed by atoms with Crippen molar-refractivity contribution < 1.29 is 9.53 Å². The lowest BCUT2D eigenvalue weighted by Gasteiger charge is -2.32. The second-order valence-corrected chi connectivity index (χ2v) is 10.0. The molecule has 0 atom stereocenters. The lowest BCUT2D eigenvalue weighted by atomic mass is 10.2. The highest BCUT2D eigenvalue weighted by Gasteiger charge is 2.14. The van der Waals surface area contributed by atoms with E-state index in [1.165, 1.54) is 17.4 Å². The second-order valence-electron chi connectivity index (χ2n) is 9.08. The Morgan fingerprint density at radius 3 is 2.63 bits per heavy atom. The Balaban J connectivity index is 1.23. The number of piperazine rings is 1. The number of likely N-dealkylation sites (N-methyl/N-ethyl adjacent to an activating group) is 1. The van der Waals surface area contributed by atoms with Gasteiger partial charge >= 0.3 is 0 Å². The molecule has 9 nitrogen and oxygen atoms in total. The number of carbonyl (C=O) groups excluding carboxylic acids is 1. The number of nitrogens with zero attached hydrogens (tertiary/aromatic N) is 4. The van der Waals surface area contributed by atoms with Crippen molar-refractivity contribution >= 4 is 50.5 Å². The van der Waals surface area contributed by atoms with Crippen LogP contribution >= 0.6 is 11.3 Å². The predicted molar refractivity (Wildman–Crippen MR) is 155 cm³/mol. The van der Waals surface area contributed by atoms with Gasteiger partial charge in [-0.2, -0.15) is 4.98 Å². The fourth-order valence-electron chi connectivity index (χ4n) is 4.13. The molecule has 1 aliphatic rings. The van der Waals surface area contributed by atoms with Gasteiger partial charge in [0.05, 0.1) is 5.52 Å². The largest absolute Gasteiger partial charge is 0.437 e. The van der Waals surface area contributed by atoms with E-state index in [2.05, 4.69) is 61.5 Å². The van der Waals surface area contributed by atoms with Crippen LogP contribution in [0.2, 0.25) is 0 Å². The van der Waals surface area contributed by atoms with E-state index in [-0.39, 0.29) is 5.91 Å². The van der Waals surface area contributed by atoms with Crippen LogP contribution in [0, 0.1) is 0 Å². The fourth-order valence-corrected chi connectivity index (χ4v) is 4.89. The number of anilines is 4. The van der Waals surface area contributed by atoms with Gasteiger partial charge in [0, 0.05) is 62.4 Å². The smallest absolute Gasteiger partial charge is 0.247 e. The quantitative estimate of drug-likeness (QED) is 0.247. The minimum atomic E-state index is -0.285. The first-order chi connectivity index (χ1) is 18.6. The molecule has 4 aromatic rings. The molecular formula is C28H31N7O2S. The molecule has 1 fully saturated rings. The van der Waals surface area contributed by atoms with Crippen molar-refractivity contribution in [1.29, 1.82) is 0 Å². The number of carbonyl (C=O) groups is 1. The molecule has 10 heteroatoms. The fraction of sp³-hybridized carbons (Fsp3) is 0.250. The summed E-state index contributed by atoms with van der Waals surface area (Å²) in [7, 11) is 2.18. The zero-order valence-electron chi connectivity index (χ0n) is 21.3. The maximum absolute atomic E-state index is 11.7. The monoisotopic (exact) mass is 529 g/mol. The average molecular weight is 530 g/mol. The zero-order chi connectivity index (χ0) is 26.3. The van der Waals surface area contributed by atoms with E-state index in [0.29, 0.717) is 23.3 Å². The third kappa shape index (κ3) is 6.65. The molecule has 0 spiro atoms. The summed E-state index contributed by atoms with van der Waals surface area (Å²) in [5.41, 5.74) is 3.36. The van der Waals surface area contributed by atoms with Gasteiger partial charge in [-0.3, -0.25) is 9.69 Å². The minimum Gasteiger partial charge on any atom is -0.437 e. The van der Waals surface area contributed by atoms with Crippen LogP contribution in [0.3, 0.4) is 0 Å². The number of fused-ring (bicyclic) bond motifs is 1. The molecule has 1 amide bonds. The molecule has 0 radical (unpaired) electrons. The van der Waals surface area contributed by atoms with Gasteiger partial charge in [-0.05, 0) is 61.0 Å². The predicted octanol–water partition coefficient (Wildman–Crippen LogP) is 5.01. The number of ether oxygens (including phenoxy) is 1. The molecule has 0 unspecified atom stereocenters. The molecule has 2 aromatic carbocycles. The van der Waals surface area contributed by atoms with Crippen LogP contribution in [0.5, 0.6) is 11.6 Å². The normalized spacial score (nSPS) is 14.2. The second kappa shape index (κ2) is 12.0. The van der Waals surface area contributed by atoms with Crippen molar-refractivity contribution in [3.63, 3.8) is 0 Å². The van der Waals surface area contributed by atoms with Gasteiger partial charge in [-0.1, -0.05) is 12.6 Å². The third-order valence-corrected chi connectivity index (χ3v) is 7.16. The van der Waals surface area contributed by atoms with Gasteiger partial charge in [-0.15, -0.1) is 11.3 Å². The number of aromatic nitrogens is 2. The van der Waals surface area contributed by atoms with Crippen molar-refractivity contribution in [1.82, 2.24) is 19.8 Å². The summed E-state index contributed by atoms with van der Waals surface area (Å²) in [5, 5.41) is 11.5. The summed E-state index contributed by atoms with van der Waals surface area (Å²) in [6.07, 6.45) is 1.22. The molecular weight excluding hydrogens is 498 g/mol. The number of benzene rings is 2. The molecule has 0 aliphatic carbocycles. The number of amides is 1. The first-order valence-corrected chi connectivity index (χ1v) is 13.4. The summed E-state index contributed by atoms with van der Waals surface area (Å²) in [6, 6.07) is 17.2. The van der Waals surface area contributed by atoms with E-state index in [0.717, 1.165) is 60.9 Å². The van der Waals surface area contributed by atoms with Crippen molar-refractivity contribution in [3.05, 3.63) is 72.6 Å². The van der Waals surface area contributed by atoms with Gasteiger partial charge < -0.3 is 25.6 Å². The van der Waals surface area contributed by atoms with E-state index in [9.17, 15) is 4.79 Å². The topological polar surface area (TPSA) is 94.6 Å². The highest BCUT2D eigenvalue weighted by Crippen LogP contribution is 2.33. The van der Waals surface area contributed by atoms with Crippen LogP contribution in [0.1, 0.15) is 0 Å². The standard InChI is InChI=1S/C28H31N7O2S/c1-3-25(36)30-22-5-4-6-23(19-22)37-27-26-24(11-18-38-26)32-28(33-27)31-21-9-7-20(8-10-21)29-12-13-35-16-14-34(2)15-17-35/h3-11,18-19,29H,1,12-17H2,2H3,(H,30,36)(H,31,32,33). The first kappa shape index (κ1) is 25.7. The van der Waals surface area contributed by atoms with Crippen LogP contribution in [-0.4, -0.2) is 72.0 Å². The maximum Gasteiger partial charge on any atom is 0.247 e. The van der Waals surface area contributed by atoms with Crippen LogP contribution in [-0.2, 0) is 4.79 Å². The Hall–Kier alpha value is -3.99. The molecule has 3 N–H and O–H groups in total. The van der Waals surface area contributed by atoms with E-state index >= 15 is 0 Å². The van der Waals surface area contributed by atoms with Crippen molar-refractivity contribution in [2.45, 2.75) is 0 Å². The Bertz CT molecular complexity index is 1400. The number of thiophene rings is 1. The van der Waals surface area contributed by atoms with E-state index in [4.69, 9.17) is 4.74 Å². The minimum absolute atomic E-state index is 0.285. The van der Waals surface area contributed by atoms with Crippen LogP contribution < -0.4 is 20.7 Å². The lowest BCUT2D eigenvalue weighted by Crippen LogP contribution is -2.45. The van der Waals surface area contributed by atoms with Gasteiger partial charge in [-0.25, -0.2) is 4.98 Å². The summed E-state index contributed by atoms with van der Waals surface area (Å²) in [5.74, 6) is 1.16. The SMILES string of the molecule is C=CC(=O)Nc1cccc(Oc2nc(Nc3ccc(NCCN4CCN(C)CC4)cc3)nc3ccsc23)c1. The summed E-state index contributed by atoms with van der Waals surface area (Å²) in [4.78, 5) is 25.8. The molecule has 2 aromatic heterocycles. The van der Waals surface area contributed by atoms with Crippen LogP contribution in [0.15, 0.2) is 72.6 Å². The molecule has 196 valence electrons. The van der Waals surface area contributed by atoms with Crippen molar-refractivity contribution in [2.24, 2.45) is 0 Å². The molecule has 1 aliphatic heterocycles. The highest BCUT2D eigenvalue weighted by molar-refractivity contribution is 7.17. The number of hydrogen-bond donors (Lipinski definition) is 3. The summed E-state index contributed by atoms with van der Waals surface area (Å²) in [6.45, 7) is 9.94. The third-order valence-electron chi connectivity index (χ3n) is 6.27. The van der Waals surface area contributed by atoms with Gasteiger partial charge in [0.25, 0.3) is 0 Å². The lowest BCUT2D eigenvalue weighted by molar-refractivity contribution is -0.111. The molecule has 5 rings (SSSR count). The number of rotatable bonds is 10. The Labute approximate surface area is 226 Å². The van der Waals surface area contributed by atoms with Gasteiger partial charge in [0.15, 0.2) is 0 Å². The first-order valence-electron chi connectivity index (χ1n) is 12.5. The van der Waals surface area contributed by atoms with Crippen LogP contribution in [0.25, 0.3) is 10.2 Å². The summed E-state index contributed by atoms with van der Waals surface area (Å²) >= 11 is 1.51. The Morgan fingerprint density at radius 2 is 1.84 bits per heavy atom. The van der Waals surface area contributed by atoms with E-state index in [1.54, 1.807) is 18.2 Å². The Kier molecular flexibility index (Phi) is 8.12. The van der Waals surface area contributed by atoms with Gasteiger partial charge in [0.2, 0.25) is 17.7 Å². The molecule has 38 heavy (non-hydrogen) atoms. The van der Waals surface area contributed by atoms with E-state index in [1.807, 2.05) is 29.6 Å². The van der Waals surface area contributed by atoms with Gasteiger partial charge in [0.1, 0.15) is 10.4 Å². The molecule has 0 bridgehead atoms. The van der Waals surface area contributed by atoms with Crippen molar-refractivity contribution in [2.75, 3.05) is 62.3 Å². The molecule has 1 saturated heterocycles. The van der Waals surface area contributed by atoms with E-state index < -0.39 is 0 Å². The Morgan fingerprint density at radius 1 is 1.05 bits per heavy atom. The maximum atomic E-state index is 11.7.